The Labute approximate surface area is 191 Å². The number of hydrogen-bond donors (Lipinski definition) is 0. The Bertz CT molecular complexity index is 1130. The summed E-state index contributed by atoms with van der Waals surface area (Å²) >= 11 is 0. The van der Waals surface area contributed by atoms with E-state index in [1.165, 1.54) is 38.5 Å². The Morgan fingerprint density at radius 3 is 1.94 bits per heavy atom. The van der Waals surface area contributed by atoms with Crippen molar-refractivity contribution in [3.05, 3.63) is 59.7 Å². The summed E-state index contributed by atoms with van der Waals surface area (Å²) in [7, 11) is 0. The topological polar surface area (TPSA) is 34.1 Å². The number of Topliss-reactive ketones (excluding diaryl/α,β-unsaturated/α-hetero) is 2. The SMILES string of the molecule is O=C(CC1CCCCC1)c1cc(C(=O)CC2CCCCC2)c2ccc3ccccc3c2c1. The molecule has 2 aliphatic rings. The van der Waals surface area contributed by atoms with E-state index in [1.54, 1.807) is 0 Å². The highest BCUT2D eigenvalue weighted by atomic mass is 16.1. The summed E-state index contributed by atoms with van der Waals surface area (Å²) in [5.41, 5.74) is 1.48. The predicted octanol–water partition coefficient (Wildman–Crippen LogP) is 8.30. The molecule has 0 heterocycles. The number of hydrogen-bond acceptors (Lipinski definition) is 2. The van der Waals surface area contributed by atoms with Gasteiger partial charge in [0.2, 0.25) is 0 Å². The summed E-state index contributed by atoms with van der Waals surface area (Å²) < 4.78 is 0. The lowest BCUT2D eigenvalue weighted by molar-refractivity contribution is 0.0949. The van der Waals surface area contributed by atoms with Gasteiger partial charge in [-0.05, 0) is 45.5 Å². The third-order valence-electron chi connectivity index (χ3n) is 7.88. The first-order valence-electron chi connectivity index (χ1n) is 12.7. The summed E-state index contributed by atoms with van der Waals surface area (Å²) in [6.45, 7) is 0. The summed E-state index contributed by atoms with van der Waals surface area (Å²) in [5.74, 6) is 1.41. The fourth-order valence-corrected chi connectivity index (χ4v) is 6.04. The molecule has 0 radical (unpaired) electrons. The minimum atomic E-state index is 0.207. The van der Waals surface area contributed by atoms with E-state index in [0.29, 0.717) is 24.7 Å². The van der Waals surface area contributed by atoms with Crippen LogP contribution in [0.2, 0.25) is 0 Å². The normalized spacial score (nSPS) is 18.2. The van der Waals surface area contributed by atoms with Crippen molar-refractivity contribution in [3.8, 4) is 0 Å². The molecule has 0 spiro atoms. The highest BCUT2D eigenvalue weighted by molar-refractivity contribution is 6.18. The molecule has 2 nitrogen and oxygen atoms in total. The molecule has 32 heavy (non-hydrogen) atoms. The van der Waals surface area contributed by atoms with Crippen LogP contribution in [0.15, 0.2) is 48.5 Å². The van der Waals surface area contributed by atoms with E-state index in [4.69, 9.17) is 0 Å². The number of benzene rings is 3. The Balaban J connectivity index is 1.54. The van der Waals surface area contributed by atoms with Gasteiger partial charge in [-0.15, -0.1) is 0 Å². The summed E-state index contributed by atoms with van der Waals surface area (Å²) in [6, 6.07) is 16.5. The first-order chi connectivity index (χ1) is 15.7. The fraction of sp³-hybridized carbons (Fsp3) is 0.467. The van der Waals surface area contributed by atoms with Crippen molar-refractivity contribution < 1.29 is 9.59 Å². The van der Waals surface area contributed by atoms with Crippen molar-refractivity contribution in [1.29, 1.82) is 0 Å². The Morgan fingerprint density at radius 1 is 0.625 bits per heavy atom. The molecule has 2 saturated carbocycles. The van der Waals surface area contributed by atoms with Crippen LogP contribution in [0, 0.1) is 11.8 Å². The van der Waals surface area contributed by atoms with Gasteiger partial charge in [0, 0.05) is 24.0 Å². The second-order valence-electron chi connectivity index (χ2n) is 10.2. The number of carbonyl (C=O) groups is 2. The lowest BCUT2D eigenvalue weighted by atomic mass is 9.82. The zero-order valence-corrected chi connectivity index (χ0v) is 19.1. The first-order valence-corrected chi connectivity index (χ1v) is 12.7. The van der Waals surface area contributed by atoms with E-state index in [2.05, 4.69) is 30.3 Å². The number of ketones is 2. The lowest BCUT2D eigenvalue weighted by Gasteiger charge is -2.22. The second-order valence-corrected chi connectivity index (χ2v) is 10.2. The Morgan fingerprint density at radius 2 is 1.25 bits per heavy atom. The van der Waals surface area contributed by atoms with E-state index in [0.717, 1.165) is 58.4 Å². The molecule has 5 rings (SSSR count). The van der Waals surface area contributed by atoms with Gasteiger partial charge in [-0.1, -0.05) is 101 Å². The van der Waals surface area contributed by atoms with Crippen LogP contribution in [-0.4, -0.2) is 11.6 Å². The molecule has 3 aromatic carbocycles. The van der Waals surface area contributed by atoms with Crippen LogP contribution in [0.5, 0.6) is 0 Å². The monoisotopic (exact) mass is 426 g/mol. The van der Waals surface area contributed by atoms with E-state index in [1.807, 2.05) is 18.2 Å². The molecule has 3 aromatic rings. The third-order valence-corrected chi connectivity index (χ3v) is 7.88. The molecule has 166 valence electrons. The van der Waals surface area contributed by atoms with Crippen molar-refractivity contribution in [3.63, 3.8) is 0 Å². The van der Waals surface area contributed by atoms with Crippen molar-refractivity contribution >= 4 is 33.1 Å². The van der Waals surface area contributed by atoms with Gasteiger partial charge in [0.15, 0.2) is 11.6 Å². The standard InChI is InChI=1S/C30H34O2/c31-29(17-21-9-3-1-4-10-21)24-19-27-25-14-8-7-13-23(25)15-16-26(27)28(20-24)30(32)18-22-11-5-2-6-12-22/h7-8,13-16,19-22H,1-6,9-12,17-18H2. The van der Waals surface area contributed by atoms with Crippen LogP contribution in [0.4, 0.5) is 0 Å². The first kappa shape index (κ1) is 21.4. The molecule has 0 aliphatic heterocycles. The summed E-state index contributed by atoms with van der Waals surface area (Å²) in [6.07, 6.45) is 13.4. The average Bonchev–Trinajstić information content (AvgIpc) is 2.84. The molecular weight excluding hydrogens is 392 g/mol. The molecule has 0 aromatic heterocycles. The average molecular weight is 427 g/mol. The molecule has 0 saturated heterocycles. The van der Waals surface area contributed by atoms with Crippen LogP contribution < -0.4 is 0 Å². The molecule has 2 aliphatic carbocycles. The molecule has 0 atom stereocenters. The maximum Gasteiger partial charge on any atom is 0.163 e. The molecule has 0 unspecified atom stereocenters. The van der Waals surface area contributed by atoms with Gasteiger partial charge in [0.1, 0.15) is 0 Å². The molecule has 0 bridgehead atoms. The van der Waals surface area contributed by atoms with Crippen LogP contribution in [0.3, 0.4) is 0 Å². The highest BCUT2D eigenvalue weighted by Gasteiger charge is 2.23. The minimum absolute atomic E-state index is 0.207. The predicted molar refractivity (Wildman–Crippen MR) is 132 cm³/mol. The minimum Gasteiger partial charge on any atom is -0.294 e. The number of rotatable bonds is 6. The van der Waals surface area contributed by atoms with Crippen LogP contribution in [-0.2, 0) is 0 Å². The number of carbonyl (C=O) groups excluding carboxylic acids is 2. The van der Waals surface area contributed by atoms with Crippen LogP contribution in [0.25, 0.3) is 21.5 Å². The quantitative estimate of drug-likeness (QED) is 0.293. The van der Waals surface area contributed by atoms with Gasteiger partial charge < -0.3 is 0 Å². The van der Waals surface area contributed by atoms with Gasteiger partial charge in [0.25, 0.3) is 0 Å². The van der Waals surface area contributed by atoms with Crippen molar-refractivity contribution in [1.82, 2.24) is 0 Å². The van der Waals surface area contributed by atoms with E-state index < -0.39 is 0 Å². The lowest BCUT2D eigenvalue weighted by Crippen LogP contribution is -2.15. The van der Waals surface area contributed by atoms with Crippen LogP contribution >= 0.6 is 0 Å². The van der Waals surface area contributed by atoms with Gasteiger partial charge in [0.05, 0.1) is 0 Å². The van der Waals surface area contributed by atoms with Gasteiger partial charge in [-0.2, -0.15) is 0 Å². The maximum atomic E-state index is 13.5. The van der Waals surface area contributed by atoms with Crippen molar-refractivity contribution in [2.24, 2.45) is 11.8 Å². The largest absolute Gasteiger partial charge is 0.294 e. The molecule has 0 amide bonds. The maximum absolute atomic E-state index is 13.5. The van der Waals surface area contributed by atoms with Gasteiger partial charge in [-0.3, -0.25) is 9.59 Å². The molecule has 0 N–H and O–H groups in total. The van der Waals surface area contributed by atoms with Gasteiger partial charge >= 0.3 is 0 Å². The highest BCUT2D eigenvalue weighted by Crippen LogP contribution is 2.34. The molecule has 2 heteroatoms. The third kappa shape index (κ3) is 4.51. The fourth-order valence-electron chi connectivity index (χ4n) is 6.04. The van der Waals surface area contributed by atoms with E-state index in [9.17, 15) is 9.59 Å². The second kappa shape index (κ2) is 9.57. The number of fused-ring (bicyclic) bond motifs is 3. The van der Waals surface area contributed by atoms with Crippen LogP contribution in [0.1, 0.15) is 97.8 Å². The van der Waals surface area contributed by atoms with Gasteiger partial charge in [-0.25, -0.2) is 0 Å². The van der Waals surface area contributed by atoms with E-state index in [-0.39, 0.29) is 11.6 Å². The van der Waals surface area contributed by atoms with Crippen molar-refractivity contribution in [2.75, 3.05) is 0 Å². The smallest absolute Gasteiger partial charge is 0.163 e. The Hall–Kier alpha value is -2.48. The van der Waals surface area contributed by atoms with E-state index >= 15 is 0 Å². The summed E-state index contributed by atoms with van der Waals surface area (Å²) in [5, 5.41) is 4.33. The zero-order valence-electron chi connectivity index (χ0n) is 19.1. The molecule has 2 fully saturated rings. The Kier molecular flexibility index (Phi) is 6.39. The molecular formula is C30H34O2. The van der Waals surface area contributed by atoms with Crippen molar-refractivity contribution in [2.45, 2.75) is 77.0 Å². The zero-order chi connectivity index (χ0) is 21.9. The summed E-state index contributed by atoms with van der Waals surface area (Å²) in [4.78, 5) is 26.9.